The molecule has 1 aromatic carbocycles. The Labute approximate surface area is 110 Å². The van der Waals surface area contributed by atoms with Crippen LogP contribution in [0.2, 0.25) is 0 Å². The quantitative estimate of drug-likeness (QED) is 0.611. The normalized spacial score (nSPS) is 11.6. The van der Waals surface area contributed by atoms with Crippen LogP contribution < -0.4 is 10.2 Å². The molecule has 0 N–H and O–H groups in total. The summed E-state index contributed by atoms with van der Waals surface area (Å²) < 4.78 is 0. The van der Waals surface area contributed by atoms with Crippen molar-refractivity contribution in [2.24, 2.45) is 0 Å². The van der Waals surface area contributed by atoms with E-state index in [1.54, 1.807) is 30.3 Å². The fourth-order valence-corrected chi connectivity index (χ4v) is 1.65. The molecule has 1 rings (SSSR count). The average Bonchev–Trinajstić information content (AvgIpc) is 2.34. The van der Waals surface area contributed by atoms with E-state index in [9.17, 15) is 24.6 Å². The van der Waals surface area contributed by atoms with Crippen molar-refractivity contribution < 1.29 is 24.6 Å². The van der Waals surface area contributed by atoms with Gasteiger partial charge in [-0.2, -0.15) is 0 Å². The first-order valence-corrected chi connectivity index (χ1v) is 5.60. The fourth-order valence-electron chi connectivity index (χ4n) is 1.65. The predicted octanol–water partition coefficient (Wildman–Crippen LogP) is -0.995. The van der Waals surface area contributed by atoms with Crippen LogP contribution in [0.15, 0.2) is 41.5 Å². The summed E-state index contributed by atoms with van der Waals surface area (Å²) in [6.45, 7) is 1.18. The average molecular weight is 260 g/mol. The van der Waals surface area contributed by atoms with Gasteiger partial charge in [-0.05, 0) is 30.1 Å². The molecule has 0 unspecified atom stereocenters. The number of carboxylic acid groups (broad SMARTS) is 2. The third-order valence-electron chi connectivity index (χ3n) is 2.51. The second kappa shape index (κ2) is 6.49. The maximum absolute atomic E-state index is 11.1. The summed E-state index contributed by atoms with van der Waals surface area (Å²) >= 11 is 0. The predicted molar refractivity (Wildman–Crippen MR) is 62.5 cm³/mol. The molecular weight excluding hydrogens is 248 g/mol. The van der Waals surface area contributed by atoms with E-state index in [0.717, 1.165) is 0 Å². The molecule has 0 aromatic heterocycles. The van der Waals surface area contributed by atoms with E-state index in [0.29, 0.717) is 5.56 Å². The van der Waals surface area contributed by atoms with Crippen LogP contribution in [0.25, 0.3) is 0 Å². The molecular formula is C14H12O5-2. The molecule has 0 heterocycles. The largest absolute Gasteiger partial charge is 0.545 e. The third-order valence-corrected chi connectivity index (χ3v) is 2.51. The maximum atomic E-state index is 11.1. The molecule has 0 aliphatic carbocycles. The molecule has 0 bridgehead atoms. The summed E-state index contributed by atoms with van der Waals surface area (Å²) in [5.41, 5.74) is -0.346. The topological polar surface area (TPSA) is 97.3 Å². The molecule has 0 aliphatic rings. The van der Waals surface area contributed by atoms with Crippen molar-refractivity contribution in [1.82, 2.24) is 0 Å². The van der Waals surface area contributed by atoms with Gasteiger partial charge in [-0.1, -0.05) is 30.3 Å². The summed E-state index contributed by atoms with van der Waals surface area (Å²) in [5.74, 6) is -3.72. The zero-order valence-corrected chi connectivity index (χ0v) is 10.3. The minimum absolute atomic E-state index is 0.125. The van der Waals surface area contributed by atoms with Gasteiger partial charge in [0, 0.05) is 6.42 Å². The minimum atomic E-state index is -1.66. The van der Waals surface area contributed by atoms with Crippen molar-refractivity contribution in [3.05, 3.63) is 47.0 Å². The number of hydrogen-bond acceptors (Lipinski definition) is 5. The van der Waals surface area contributed by atoms with E-state index < -0.39 is 35.3 Å². The summed E-state index contributed by atoms with van der Waals surface area (Å²) in [4.78, 5) is 33.0. The Hall–Kier alpha value is -2.43. The molecule has 1 aromatic rings. The first-order chi connectivity index (χ1) is 8.91. The van der Waals surface area contributed by atoms with Crippen LogP contribution >= 0.6 is 0 Å². The third kappa shape index (κ3) is 4.39. The highest BCUT2D eigenvalue weighted by molar-refractivity contribution is 6.01. The molecule has 0 saturated carbocycles. The van der Waals surface area contributed by atoms with Crippen LogP contribution in [0.3, 0.4) is 0 Å². The highest BCUT2D eigenvalue weighted by Gasteiger charge is 2.12. The first-order valence-electron chi connectivity index (χ1n) is 5.60. The highest BCUT2D eigenvalue weighted by Crippen LogP contribution is 2.15. The van der Waals surface area contributed by atoms with Gasteiger partial charge in [0.05, 0.1) is 11.9 Å². The van der Waals surface area contributed by atoms with Crippen molar-refractivity contribution >= 4 is 17.7 Å². The van der Waals surface area contributed by atoms with Gasteiger partial charge < -0.3 is 19.8 Å². The Kier molecular flexibility index (Phi) is 5.00. The van der Waals surface area contributed by atoms with Gasteiger partial charge >= 0.3 is 0 Å². The SMILES string of the molecule is CC(=O)C/C(C(=O)[O-])=C(/Cc1ccccc1)C(=O)[O-]. The number of benzene rings is 1. The first kappa shape index (κ1) is 14.6. The Morgan fingerprint density at radius 2 is 1.47 bits per heavy atom. The van der Waals surface area contributed by atoms with E-state index in [1.165, 1.54) is 6.92 Å². The van der Waals surface area contributed by atoms with Crippen molar-refractivity contribution in [3.8, 4) is 0 Å². The van der Waals surface area contributed by atoms with Crippen LogP contribution in [-0.4, -0.2) is 17.7 Å². The molecule has 19 heavy (non-hydrogen) atoms. The Bertz CT molecular complexity index is 528. The second-order valence-corrected chi connectivity index (χ2v) is 4.07. The van der Waals surface area contributed by atoms with E-state index >= 15 is 0 Å². The monoisotopic (exact) mass is 260 g/mol. The van der Waals surface area contributed by atoms with Gasteiger partial charge in [-0.3, -0.25) is 4.79 Å². The number of carbonyl (C=O) groups is 3. The molecule has 0 saturated heterocycles. The number of carboxylic acids is 2. The fraction of sp³-hybridized carbons (Fsp3) is 0.214. The number of carbonyl (C=O) groups excluding carboxylic acids is 3. The molecule has 0 fully saturated rings. The van der Waals surface area contributed by atoms with Gasteiger partial charge in [0.2, 0.25) is 0 Å². The van der Waals surface area contributed by atoms with Gasteiger partial charge in [0.15, 0.2) is 0 Å². The van der Waals surface area contributed by atoms with E-state index in [2.05, 4.69) is 0 Å². The molecule has 0 radical (unpaired) electrons. The van der Waals surface area contributed by atoms with Crippen LogP contribution in [0.1, 0.15) is 18.9 Å². The molecule has 0 aliphatic heterocycles. The van der Waals surface area contributed by atoms with Crippen molar-refractivity contribution in [2.45, 2.75) is 19.8 Å². The molecule has 0 spiro atoms. The van der Waals surface area contributed by atoms with E-state index in [-0.39, 0.29) is 6.42 Å². The van der Waals surface area contributed by atoms with Crippen LogP contribution in [0.5, 0.6) is 0 Å². The Morgan fingerprint density at radius 1 is 0.947 bits per heavy atom. The van der Waals surface area contributed by atoms with E-state index in [1.807, 2.05) is 0 Å². The highest BCUT2D eigenvalue weighted by atomic mass is 16.4. The van der Waals surface area contributed by atoms with Crippen molar-refractivity contribution in [2.75, 3.05) is 0 Å². The number of ketones is 1. The summed E-state index contributed by atoms with van der Waals surface area (Å²) in [6, 6.07) is 8.46. The van der Waals surface area contributed by atoms with Crippen LogP contribution in [-0.2, 0) is 20.8 Å². The molecule has 0 amide bonds. The van der Waals surface area contributed by atoms with Gasteiger partial charge in [0.25, 0.3) is 0 Å². The maximum Gasteiger partial charge on any atom is 0.134 e. The lowest BCUT2D eigenvalue weighted by Gasteiger charge is -2.16. The Balaban J connectivity index is 3.19. The lowest BCUT2D eigenvalue weighted by molar-refractivity contribution is -0.304. The Morgan fingerprint density at radius 3 is 1.89 bits per heavy atom. The smallest absolute Gasteiger partial charge is 0.134 e. The lowest BCUT2D eigenvalue weighted by Crippen LogP contribution is -2.33. The molecule has 5 nitrogen and oxygen atoms in total. The van der Waals surface area contributed by atoms with Crippen molar-refractivity contribution in [1.29, 1.82) is 0 Å². The minimum Gasteiger partial charge on any atom is -0.545 e. The van der Waals surface area contributed by atoms with Gasteiger partial charge in [0.1, 0.15) is 5.78 Å². The number of rotatable bonds is 6. The van der Waals surface area contributed by atoms with Crippen molar-refractivity contribution in [3.63, 3.8) is 0 Å². The number of hydrogen-bond donors (Lipinski definition) is 0. The molecule has 0 atom stereocenters. The standard InChI is InChI=1S/C14H14O5/c1-9(15)7-11(13(16)17)12(14(18)19)8-10-5-3-2-4-6-10/h2-6H,7-8H2,1H3,(H,16,17)(H,18,19)/p-2/b12-11+. The molecule has 5 heteroatoms. The summed E-state index contributed by atoms with van der Waals surface area (Å²) in [7, 11) is 0. The zero-order chi connectivity index (χ0) is 14.4. The zero-order valence-electron chi connectivity index (χ0n) is 10.3. The summed E-state index contributed by atoms with van der Waals surface area (Å²) in [5, 5.41) is 22.0. The lowest BCUT2D eigenvalue weighted by atomic mass is 9.97. The number of aliphatic carboxylic acids is 2. The number of Topliss-reactive ketones (excluding diaryl/α,β-unsaturated/α-hetero) is 1. The summed E-state index contributed by atoms with van der Waals surface area (Å²) in [6.07, 6.45) is -0.613. The second-order valence-electron chi connectivity index (χ2n) is 4.07. The van der Waals surface area contributed by atoms with E-state index in [4.69, 9.17) is 0 Å². The van der Waals surface area contributed by atoms with Crippen LogP contribution in [0.4, 0.5) is 0 Å². The van der Waals surface area contributed by atoms with Gasteiger partial charge in [-0.25, -0.2) is 0 Å². The van der Waals surface area contributed by atoms with Crippen LogP contribution in [0, 0.1) is 0 Å². The molecule has 100 valence electrons. The van der Waals surface area contributed by atoms with Gasteiger partial charge in [-0.15, -0.1) is 0 Å².